The number of piperazine rings is 1. The zero-order chi connectivity index (χ0) is 32.7. The average molecular weight is 644 g/mol. The van der Waals surface area contributed by atoms with Crippen LogP contribution in [-0.2, 0) is 6.18 Å². The summed E-state index contributed by atoms with van der Waals surface area (Å²) in [4.78, 5) is 17.7. The maximum absolute atomic E-state index is 17.1. The van der Waals surface area contributed by atoms with Gasteiger partial charge in [-0.25, -0.2) is 13.8 Å². The lowest BCUT2D eigenvalue weighted by Gasteiger charge is -2.40. The molecule has 4 aliphatic rings. The van der Waals surface area contributed by atoms with Crippen molar-refractivity contribution in [3.8, 4) is 17.3 Å². The molecule has 0 aliphatic carbocycles. The van der Waals surface area contributed by atoms with E-state index in [1.54, 1.807) is 6.92 Å². The van der Waals surface area contributed by atoms with E-state index >= 15 is 4.39 Å². The Hall–Kier alpha value is -3.58. The third kappa shape index (κ3) is 4.88. The van der Waals surface area contributed by atoms with Gasteiger partial charge in [0.1, 0.15) is 29.9 Å². The number of hydrogen-bond acceptors (Lipinski definition) is 8. The topological polar surface area (TPSA) is 92.4 Å². The van der Waals surface area contributed by atoms with Gasteiger partial charge in [0.25, 0.3) is 0 Å². The van der Waals surface area contributed by atoms with Crippen molar-refractivity contribution in [2.75, 3.05) is 43.4 Å². The number of fused-ring (bicyclic) bond motifs is 3. The van der Waals surface area contributed by atoms with Crippen molar-refractivity contribution in [2.24, 2.45) is 0 Å². The number of pyridine rings is 1. The number of ether oxygens (including phenoxy) is 1. The first-order valence-corrected chi connectivity index (χ1v) is 15.9. The Balaban J connectivity index is 1.47. The lowest BCUT2D eigenvalue weighted by molar-refractivity contribution is -0.137. The average Bonchev–Trinajstić information content (AvgIpc) is 3.46. The molecule has 1 unspecified atom stereocenters. The number of hydrogen-bond donors (Lipinski definition) is 2. The van der Waals surface area contributed by atoms with E-state index < -0.39 is 35.0 Å². The second-order valence-electron chi connectivity index (χ2n) is 13.3. The number of nitrogens with zero attached hydrogens (tertiary/aromatic N) is 5. The number of nitrogens with one attached hydrogen (secondary N) is 1. The molecule has 1 aromatic carbocycles. The number of alkyl halides is 4. The van der Waals surface area contributed by atoms with E-state index in [1.165, 1.54) is 6.92 Å². The normalized spacial score (nSPS) is 26.4. The van der Waals surface area contributed by atoms with Crippen LogP contribution in [0.2, 0.25) is 0 Å². The zero-order valence-corrected chi connectivity index (χ0v) is 26.2. The first-order valence-electron chi connectivity index (χ1n) is 15.9. The Morgan fingerprint density at radius 2 is 1.96 bits per heavy atom. The van der Waals surface area contributed by atoms with Gasteiger partial charge in [0.05, 0.1) is 22.2 Å². The van der Waals surface area contributed by atoms with Crippen LogP contribution in [-0.4, -0.2) is 76.4 Å². The molecule has 3 saturated heterocycles. The summed E-state index contributed by atoms with van der Waals surface area (Å²) in [6.07, 6.45) is -2.47. The van der Waals surface area contributed by atoms with Crippen molar-refractivity contribution in [1.29, 1.82) is 0 Å². The highest BCUT2D eigenvalue weighted by molar-refractivity contribution is 6.05. The van der Waals surface area contributed by atoms with Gasteiger partial charge in [-0.1, -0.05) is 13.5 Å². The molecule has 7 rings (SSSR count). The molecule has 46 heavy (non-hydrogen) atoms. The Morgan fingerprint density at radius 1 is 1.17 bits per heavy atom. The molecular formula is C33H38F5N7O. The molecule has 4 aliphatic heterocycles. The van der Waals surface area contributed by atoms with Crippen LogP contribution in [0.25, 0.3) is 27.7 Å². The van der Waals surface area contributed by atoms with Crippen molar-refractivity contribution in [3.05, 3.63) is 40.7 Å². The standard InChI is InChI=1S/C33H38F5N7O/c1-5-20-14-45-21(12-40-20)9-16(2)23-18(4)24(28-26(33(36,37)38)17(3)10-22(39)41-28)27(35)29-25(23)30(45)43-31(42-29)46-15-32-7-6-8-44(32)13-19(34)11-32/h10,19-21,40H,2,5-9,11-15H2,1,3-4H3,(H2,39,41)/t19-,20-,21-,32?/m1/s1. The van der Waals surface area contributed by atoms with Crippen LogP contribution < -0.4 is 20.7 Å². The number of benzene rings is 1. The summed E-state index contributed by atoms with van der Waals surface area (Å²) in [6, 6.07) is 1.08. The number of anilines is 2. The molecule has 0 saturated carbocycles. The van der Waals surface area contributed by atoms with E-state index in [4.69, 9.17) is 15.5 Å². The largest absolute Gasteiger partial charge is 0.461 e. The maximum Gasteiger partial charge on any atom is 0.418 e. The van der Waals surface area contributed by atoms with Gasteiger partial charge in [-0.2, -0.15) is 23.1 Å². The van der Waals surface area contributed by atoms with E-state index in [0.29, 0.717) is 54.8 Å². The van der Waals surface area contributed by atoms with Crippen molar-refractivity contribution in [1.82, 2.24) is 25.2 Å². The van der Waals surface area contributed by atoms with Crippen LogP contribution >= 0.6 is 0 Å². The fraction of sp³-hybridized carbons (Fsp3) is 0.545. The zero-order valence-electron chi connectivity index (χ0n) is 26.2. The predicted octanol–water partition coefficient (Wildman–Crippen LogP) is 5.98. The fourth-order valence-corrected chi connectivity index (χ4v) is 8.26. The quantitative estimate of drug-likeness (QED) is 0.329. The molecule has 0 radical (unpaired) electrons. The third-order valence-corrected chi connectivity index (χ3v) is 10.4. The number of aromatic nitrogens is 3. The number of rotatable bonds is 5. The molecule has 8 nitrogen and oxygen atoms in total. The Labute approximate surface area is 264 Å². The lowest BCUT2D eigenvalue weighted by atomic mass is 9.87. The highest BCUT2D eigenvalue weighted by Gasteiger charge is 2.49. The lowest BCUT2D eigenvalue weighted by Crippen LogP contribution is -2.56. The predicted molar refractivity (Wildman–Crippen MR) is 167 cm³/mol. The number of nitrogens with two attached hydrogens (primary N) is 1. The van der Waals surface area contributed by atoms with E-state index in [1.807, 2.05) is 0 Å². The summed E-state index contributed by atoms with van der Waals surface area (Å²) >= 11 is 0. The molecule has 2 aromatic heterocycles. The van der Waals surface area contributed by atoms with Crippen LogP contribution in [0.3, 0.4) is 0 Å². The van der Waals surface area contributed by atoms with Crippen molar-refractivity contribution in [3.63, 3.8) is 0 Å². The highest BCUT2D eigenvalue weighted by Crippen LogP contribution is 2.48. The molecule has 0 bridgehead atoms. The maximum atomic E-state index is 17.1. The summed E-state index contributed by atoms with van der Waals surface area (Å²) in [6.45, 7) is 11.7. The van der Waals surface area contributed by atoms with Gasteiger partial charge in [-0.05, 0) is 74.4 Å². The molecule has 3 aromatic rings. The first kappa shape index (κ1) is 31.0. The van der Waals surface area contributed by atoms with E-state index in [9.17, 15) is 17.6 Å². The van der Waals surface area contributed by atoms with E-state index in [2.05, 4.69) is 38.6 Å². The minimum atomic E-state index is -4.83. The Bertz CT molecular complexity index is 1750. The third-order valence-electron chi connectivity index (χ3n) is 10.4. The van der Waals surface area contributed by atoms with Crippen LogP contribution in [0.4, 0.5) is 33.6 Å². The van der Waals surface area contributed by atoms with E-state index in [-0.39, 0.29) is 52.7 Å². The van der Waals surface area contributed by atoms with Crippen molar-refractivity contribution < 1.29 is 26.7 Å². The molecule has 13 heteroatoms. The van der Waals surface area contributed by atoms with Gasteiger partial charge in [0, 0.05) is 43.7 Å². The Morgan fingerprint density at radius 3 is 2.70 bits per heavy atom. The van der Waals surface area contributed by atoms with Gasteiger partial charge in [0.2, 0.25) is 0 Å². The highest BCUT2D eigenvalue weighted by atomic mass is 19.4. The molecule has 0 amide bonds. The van der Waals surface area contributed by atoms with Crippen molar-refractivity contribution in [2.45, 2.75) is 82.8 Å². The van der Waals surface area contributed by atoms with Gasteiger partial charge in [0.15, 0.2) is 5.82 Å². The summed E-state index contributed by atoms with van der Waals surface area (Å²) in [5, 5.41) is 3.94. The number of halogens is 5. The monoisotopic (exact) mass is 643 g/mol. The van der Waals surface area contributed by atoms with Gasteiger partial charge in [-0.3, -0.25) is 4.90 Å². The SMILES string of the molecule is C=C1C[C@@H]2CN[C@H](CC)CN2c2nc(OCC34CCCN3C[C@H](F)C4)nc3c(F)c(-c4nc(N)cc(C)c4C(F)(F)F)c(C)c1c23. The molecular weight excluding hydrogens is 605 g/mol. The van der Waals surface area contributed by atoms with Crippen LogP contribution in [0.15, 0.2) is 12.6 Å². The summed E-state index contributed by atoms with van der Waals surface area (Å²) in [7, 11) is 0. The Kier molecular flexibility index (Phi) is 7.43. The van der Waals surface area contributed by atoms with Gasteiger partial charge < -0.3 is 20.7 Å². The van der Waals surface area contributed by atoms with E-state index in [0.717, 1.165) is 31.9 Å². The van der Waals surface area contributed by atoms with Crippen molar-refractivity contribution >= 4 is 28.1 Å². The summed E-state index contributed by atoms with van der Waals surface area (Å²) in [5.41, 5.74) is 4.53. The van der Waals surface area contributed by atoms with Crippen LogP contribution in [0.1, 0.15) is 61.3 Å². The van der Waals surface area contributed by atoms with Crippen LogP contribution in [0.5, 0.6) is 6.01 Å². The minimum Gasteiger partial charge on any atom is -0.461 e. The number of aryl methyl sites for hydroxylation is 1. The van der Waals surface area contributed by atoms with Gasteiger partial charge >= 0.3 is 12.2 Å². The smallest absolute Gasteiger partial charge is 0.418 e. The van der Waals surface area contributed by atoms with Crippen LogP contribution in [0, 0.1) is 19.7 Å². The molecule has 6 heterocycles. The van der Waals surface area contributed by atoms with Gasteiger partial charge in [-0.15, -0.1) is 0 Å². The number of nitrogen functional groups attached to an aromatic ring is 1. The molecule has 0 spiro atoms. The molecule has 3 fully saturated rings. The second-order valence-corrected chi connectivity index (χ2v) is 13.3. The fourth-order valence-electron chi connectivity index (χ4n) is 8.26. The molecule has 4 atom stereocenters. The minimum absolute atomic E-state index is 0.0934. The molecule has 3 N–H and O–H groups in total. The summed E-state index contributed by atoms with van der Waals surface area (Å²) < 4.78 is 81.3. The summed E-state index contributed by atoms with van der Waals surface area (Å²) in [5.74, 6) is -0.671. The molecule has 246 valence electrons. The second kappa shape index (κ2) is 11.0. The first-order chi connectivity index (χ1) is 21.8.